The molecule has 6 heteroatoms. The van der Waals surface area contributed by atoms with E-state index in [0.29, 0.717) is 12.8 Å². The molecule has 0 aromatic heterocycles. The fourth-order valence-corrected chi connectivity index (χ4v) is 1.72. The molecule has 0 unspecified atom stereocenters. The number of carbonyl (C=O) groups excluding carboxylic acids is 1. The molecular formula is C15H20FmNO4-. The minimum atomic E-state index is -1.05. The maximum Gasteiger partial charge on any atom is 0.323 e. The van der Waals surface area contributed by atoms with E-state index >= 15 is 0 Å². The first kappa shape index (κ1) is 18.0. The number of aliphatic carboxylic acids is 1. The fraction of sp³-hybridized carbons (Fsp3) is 0.467. The number of carbonyl (C=O) groups is 1. The van der Waals surface area contributed by atoms with E-state index < -0.39 is 12.0 Å². The molecule has 1 atom stereocenters. The number of hydrogen-bond donors (Lipinski definition) is 2. The molecule has 122 valence electrons. The van der Waals surface area contributed by atoms with Gasteiger partial charge in [0.15, 0.2) is 0 Å². The zero-order valence-corrected chi connectivity index (χ0v) is 14.7. The normalized spacial score (nSPS) is 12.0. The predicted molar refractivity (Wildman–Crippen MR) is 75.4 cm³/mol. The largest absolute Gasteiger partial charge is 0.520 e. The van der Waals surface area contributed by atoms with Gasteiger partial charge in [0.05, 0.1) is 6.04 Å². The van der Waals surface area contributed by atoms with Crippen LogP contribution in [0.1, 0.15) is 32.8 Å². The van der Waals surface area contributed by atoms with Crippen LogP contribution in [-0.2, 0) is 16.0 Å². The van der Waals surface area contributed by atoms with Gasteiger partial charge in [-0.05, 0) is 51.3 Å². The van der Waals surface area contributed by atoms with Gasteiger partial charge in [-0.15, -0.1) is 0 Å². The van der Waals surface area contributed by atoms with Crippen molar-refractivity contribution in [2.45, 2.75) is 45.3 Å². The molecule has 1 aromatic carbocycles. The molecule has 0 aliphatic heterocycles. The Kier molecular flexibility index (Phi) is 6.44. The zero-order chi connectivity index (χ0) is 15.2. The summed E-state index contributed by atoms with van der Waals surface area (Å²) in [4.78, 5) is 21.1. The molecule has 0 aliphatic carbocycles. The molecule has 0 fully saturated rings. The maximum absolute atomic E-state index is 10.9. The van der Waals surface area contributed by atoms with Gasteiger partial charge in [0, 0.05) is 0 Å². The molecule has 1 aromatic rings. The van der Waals surface area contributed by atoms with Crippen LogP contribution in [0, 0.1) is 0 Å². The number of nitrogens with one attached hydrogen (secondary N) is 1. The van der Waals surface area contributed by atoms with Gasteiger partial charge in [-0.3, -0.25) is 4.79 Å². The third-order valence-electron chi connectivity index (χ3n) is 2.60. The Morgan fingerprint density at radius 3 is 2.33 bits per heavy atom. The monoisotopic (exact) mass is 535 g/mol. The maximum atomic E-state index is 10.9. The minimum absolute atomic E-state index is 0. The van der Waals surface area contributed by atoms with Crippen LogP contribution in [0.15, 0.2) is 24.3 Å². The smallest absolute Gasteiger partial charge is 0.323 e. The van der Waals surface area contributed by atoms with Crippen LogP contribution in [0.25, 0.3) is 0 Å². The van der Waals surface area contributed by atoms with Gasteiger partial charge in [-0.2, -0.15) is 6.41 Å². The van der Waals surface area contributed by atoms with Crippen LogP contribution in [0.5, 0.6) is 5.75 Å². The van der Waals surface area contributed by atoms with E-state index in [-0.39, 0.29) is 5.60 Å². The first-order valence-corrected chi connectivity index (χ1v) is 6.45. The molecular weight excluding hydrogens is 515 g/mol. The van der Waals surface area contributed by atoms with E-state index in [9.17, 15) is 9.59 Å². The number of hydrogen-bond acceptors (Lipinski definition) is 3. The van der Waals surface area contributed by atoms with Crippen molar-refractivity contribution in [3.8, 4) is 5.75 Å². The van der Waals surface area contributed by atoms with Gasteiger partial charge >= 0.3 is 5.97 Å². The number of aryl methyl sites for hydroxylation is 1. The number of benzene rings is 1. The van der Waals surface area contributed by atoms with Crippen molar-refractivity contribution in [2.24, 2.45) is 0 Å². The van der Waals surface area contributed by atoms with Gasteiger partial charge in [0.2, 0.25) is 0 Å². The molecule has 2 N–H and O–H groups in total. The van der Waals surface area contributed by atoms with E-state index in [1.807, 2.05) is 45.0 Å². The van der Waals surface area contributed by atoms with Crippen molar-refractivity contribution in [1.29, 1.82) is 0 Å². The van der Waals surface area contributed by atoms with E-state index in [1.54, 1.807) is 0 Å². The van der Waals surface area contributed by atoms with Crippen LogP contribution in [0.2, 0.25) is 0 Å². The van der Waals surface area contributed by atoms with Gasteiger partial charge < -0.3 is 20.0 Å². The number of carboxylic acid groups (broad SMARTS) is 1. The third-order valence-corrected chi connectivity index (χ3v) is 2.60. The van der Waals surface area contributed by atoms with Crippen LogP contribution in [0.3, 0.4) is 0 Å². The molecule has 0 radical (unpaired) electrons. The summed E-state index contributed by atoms with van der Waals surface area (Å²) in [5, 5.41) is 11.1. The molecule has 0 aliphatic rings. The van der Waals surface area contributed by atoms with Gasteiger partial charge in [0.1, 0.15) is 11.4 Å². The summed E-state index contributed by atoms with van der Waals surface area (Å²) in [6.45, 7) is 5.92. The Hall–Kier alpha value is -3.04. The molecule has 21 heavy (non-hydrogen) atoms. The second kappa shape index (κ2) is 7.53. The van der Waals surface area contributed by atoms with E-state index in [4.69, 9.17) is 9.84 Å². The summed E-state index contributed by atoms with van der Waals surface area (Å²) >= 11 is 0. The summed E-state index contributed by atoms with van der Waals surface area (Å²) in [5.74, 6) is -0.281. The molecule has 0 heterocycles. The van der Waals surface area contributed by atoms with E-state index in [1.165, 1.54) is 6.41 Å². The fourth-order valence-electron chi connectivity index (χ4n) is 1.72. The average Bonchev–Trinajstić information content (AvgIpc) is 2.34. The Balaban J connectivity index is 0.00000400. The van der Waals surface area contributed by atoms with E-state index in [2.05, 4.69) is 5.32 Å². The van der Waals surface area contributed by atoms with Crippen molar-refractivity contribution in [1.82, 2.24) is 5.32 Å². The van der Waals surface area contributed by atoms with Crippen LogP contribution in [-0.4, -0.2) is 29.1 Å². The quantitative estimate of drug-likeness (QED) is 0.414. The van der Waals surface area contributed by atoms with Crippen molar-refractivity contribution in [3.63, 3.8) is 0 Å². The minimum Gasteiger partial charge on any atom is -0.520 e. The van der Waals surface area contributed by atoms with Crippen molar-refractivity contribution in [2.75, 3.05) is 0 Å². The summed E-state index contributed by atoms with van der Waals surface area (Å²) < 4.78 is 5.70. The molecule has 0 bridgehead atoms. The molecule has 0 saturated heterocycles. The summed E-state index contributed by atoms with van der Waals surface area (Å²) in [7, 11) is 0. The van der Waals surface area contributed by atoms with Gasteiger partial charge in [-0.1, -0.05) is 12.1 Å². The second-order valence-electron chi connectivity index (χ2n) is 5.53. The van der Waals surface area contributed by atoms with Crippen LogP contribution < -0.4 is 10.1 Å². The Morgan fingerprint density at radius 2 is 1.90 bits per heavy atom. The topological polar surface area (TPSA) is 75.6 Å². The summed E-state index contributed by atoms with van der Waals surface area (Å²) in [6.07, 6.45) is 2.30. The van der Waals surface area contributed by atoms with Crippen molar-refractivity contribution < 1.29 is 19.4 Å². The number of rotatable bonds is 7. The molecule has 1 rings (SSSR count). The van der Waals surface area contributed by atoms with Gasteiger partial charge in [0.25, 0.3) is 0 Å². The number of ether oxygens (including phenoxy) is 1. The SMILES string of the molecule is CC(C)(C)Oc1ccc(CC[C@H](N[C-]=O)C(=O)O)cc1.[Fm]. The molecule has 5 nitrogen and oxygen atoms in total. The second-order valence-corrected chi connectivity index (χ2v) is 5.53. The Morgan fingerprint density at radius 1 is 1.33 bits per heavy atom. The van der Waals surface area contributed by atoms with Gasteiger partial charge in [-0.25, -0.2) is 0 Å². The number of carboxylic acids is 1. The van der Waals surface area contributed by atoms with Crippen LogP contribution >= 0.6 is 0 Å². The zero-order valence-electron chi connectivity index (χ0n) is 12.3. The first-order chi connectivity index (χ1) is 9.31. The van der Waals surface area contributed by atoms with E-state index in [0.717, 1.165) is 11.3 Å². The molecule has 0 spiro atoms. The number of amides is 1. The Labute approximate surface area is 118 Å². The predicted octanol–water partition coefficient (Wildman–Crippen LogP) is 1.91. The van der Waals surface area contributed by atoms with Crippen LogP contribution in [0.4, 0.5) is 0 Å². The standard InChI is InChI=1S/C15H20NO4.Fm/c1-15(2,3)20-12-7-4-11(5-8-12)6-9-13(14(18)19)16-10-17;/h4-5,7-8,13H,6,9H2,1-3H3,(H,16,17)(H,18,19);/q-1;/t13-;/m0./s1. The first-order valence-electron chi connectivity index (χ1n) is 6.45. The third kappa shape index (κ3) is 6.61. The van der Waals surface area contributed by atoms with Crippen molar-refractivity contribution >= 4 is 12.4 Å². The molecule has 1 amide bonds. The summed E-state index contributed by atoms with van der Waals surface area (Å²) in [6, 6.07) is 6.60. The average molecular weight is 535 g/mol. The Bertz CT molecular complexity index is 454. The van der Waals surface area contributed by atoms with Crippen molar-refractivity contribution in [3.05, 3.63) is 29.8 Å². The summed E-state index contributed by atoms with van der Waals surface area (Å²) in [5.41, 5.74) is 0.741. The molecule has 0 saturated carbocycles.